The Labute approximate surface area is 310 Å². The minimum atomic E-state index is -1.08. The summed E-state index contributed by atoms with van der Waals surface area (Å²) in [6.07, 6.45) is 29.3. The number of hydrogen-bond donors (Lipinski definition) is 1. The van der Waals surface area contributed by atoms with Crippen molar-refractivity contribution in [1.29, 1.82) is 0 Å². The Hall–Kier alpha value is -1.12. The average molecular weight is 676 g/mol. The van der Waals surface area contributed by atoms with Gasteiger partial charge in [0.1, 0.15) is 6.04 Å². The molecular formula is C38H70NNaO7. The van der Waals surface area contributed by atoms with E-state index in [-0.39, 0.29) is 68.3 Å². The van der Waals surface area contributed by atoms with Gasteiger partial charge in [0, 0.05) is 12.8 Å². The van der Waals surface area contributed by atoms with Gasteiger partial charge in [-0.1, -0.05) is 155 Å². The minimum absolute atomic E-state index is 0. The molecule has 9 heteroatoms. The number of carboxylic acid groups (broad SMARTS) is 1. The molecule has 0 rings (SSSR count). The Morgan fingerprint density at radius 2 is 0.936 bits per heavy atom. The Balaban J connectivity index is 0. The Morgan fingerprint density at radius 1 is 0.553 bits per heavy atom. The number of hydrogen-bond acceptors (Lipinski definition) is 7. The summed E-state index contributed by atoms with van der Waals surface area (Å²) < 4.78 is 10.8. The van der Waals surface area contributed by atoms with Crippen LogP contribution in [0.25, 0.3) is 0 Å². The number of unbranched alkanes of at least 4 members (excludes halogenated alkanes) is 22. The number of aliphatic carboxylic acids is 1. The van der Waals surface area contributed by atoms with Crippen LogP contribution in [0.2, 0.25) is 0 Å². The number of carboxylic acids is 1. The predicted octanol–water partition coefficient (Wildman–Crippen LogP) is 6.64. The first-order chi connectivity index (χ1) is 22.4. The van der Waals surface area contributed by atoms with Crippen molar-refractivity contribution in [3.63, 3.8) is 0 Å². The number of esters is 2. The van der Waals surface area contributed by atoms with E-state index in [1.807, 2.05) is 0 Å². The second-order valence-corrected chi connectivity index (χ2v) is 13.0. The minimum Gasteiger partial charge on any atom is -0.862 e. The van der Waals surface area contributed by atoms with Crippen LogP contribution in [-0.2, 0) is 23.9 Å². The first-order valence-corrected chi connectivity index (χ1v) is 19.2. The number of nitrogens with zero attached hydrogens (tertiary/aromatic N) is 1. The molecule has 8 nitrogen and oxygen atoms in total. The third-order valence-corrected chi connectivity index (χ3v) is 8.48. The van der Waals surface area contributed by atoms with Gasteiger partial charge in [-0.3, -0.25) is 14.6 Å². The summed E-state index contributed by atoms with van der Waals surface area (Å²) in [5.74, 6) is -2.54. The molecule has 0 aliphatic carbocycles. The molecule has 0 aromatic carbocycles. The molecule has 0 saturated heterocycles. The van der Waals surface area contributed by atoms with Crippen molar-refractivity contribution in [1.82, 2.24) is 0 Å². The van der Waals surface area contributed by atoms with Gasteiger partial charge >= 0.3 is 47.5 Å². The van der Waals surface area contributed by atoms with E-state index in [9.17, 15) is 19.5 Å². The summed E-state index contributed by atoms with van der Waals surface area (Å²) in [6.45, 7) is 5.10. The van der Waals surface area contributed by atoms with Crippen molar-refractivity contribution in [2.75, 3.05) is 13.2 Å². The van der Waals surface area contributed by atoms with Crippen LogP contribution in [-0.4, -0.2) is 48.2 Å². The monoisotopic (exact) mass is 676 g/mol. The SMILES string of the molecule is CCCCCCCCCCCCCCOC(=O)CC[C@H](N=C([O-])CCCC(=O)O)C(=O)OCCCCCCCCCCCCCC.[Na+]. The normalized spacial score (nSPS) is 12.0. The standard InChI is InChI=1S/C38H71NO7.Na/c1-3-5-7-9-11-13-15-17-19-21-23-25-32-45-37(43)31-30-34(39-35(40)28-27-29-36(41)42)38(44)46-33-26-24-22-20-18-16-14-12-10-8-6-4-2;/h34H,3-33H2,1-2H3,(H,39,40)(H,41,42);/q;+1/p-1/t34-;/m0./s1. The van der Waals surface area contributed by atoms with Crippen LogP contribution in [0.1, 0.15) is 200 Å². The van der Waals surface area contributed by atoms with Gasteiger partial charge < -0.3 is 19.7 Å². The van der Waals surface area contributed by atoms with Gasteiger partial charge in [0.25, 0.3) is 0 Å². The van der Waals surface area contributed by atoms with Gasteiger partial charge in [-0.15, -0.1) is 0 Å². The van der Waals surface area contributed by atoms with Crippen molar-refractivity contribution in [3.05, 3.63) is 0 Å². The van der Waals surface area contributed by atoms with Crippen LogP contribution in [0.15, 0.2) is 4.99 Å². The molecule has 0 bridgehead atoms. The van der Waals surface area contributed by atoms with Crippen LogP contribution in [0.4, 0.5) is 0 Å². The van der Waals surface area contributed by atoms with Gasteiger partial charge in [-0.2, -0.15) is 0 Å². The third-order valence-electron chi connectivity index (χ3n) is 8.48. The second-order valence-electron chi connectivity index (χ2n) is 13.0. The predicted molar refractivity (Wildman–Crippen MR) is 186 cm³/mol. The van der Waals surface area contributed by atoms with E-state index in [0.717, 1.165) is 38.5 Å². The molecule has 0 heterocycles. The van der Waals surface area contributed by atoms with Gasteiger partial charge in [0.2, 0.25) is 0 Å². The van der Waals surface area contributed by atoms with Gasteiger partial charge in [0.15, 0.2) is 0 Å². The first-order valence-electron chi connectivity index (χ1n) is 19.2. The molecule has 0 aromatic rings. The summed E-state index contributed by atoms with van der Waals surface area (Å²) in [7, 11) is 0. The third kappa shape index (κ3) is 36.0. The second kappa shape index (κ2) is 37.7. The van der Waals surface area contributed by atoms with E-state index in [1.54, 1.807) is 0 Å². The number of carbonyl (C=O) groups is 3. The first kappa shape index (κ1) is 48.0. The number of carbonyl (C=O) groups excluding carboxylic acids is 2. The van der Waals surface area contributed by atoms with Crippen molar-refractivity contribution in [2.24, 2.45) is 4.99 Å². The molecule has 0 radical (unpaired) electrons. The molecule has 0 unspecified atom stereocenters. The summed E-state index contributed by atoms with van der Waals surface area (Å²) in [4.78, 5) is 39.8. The Bertz CT molecular complexity index is 762. The molecule has 1 atom stereocenters. The summed E-state index contributed by atoms with van der Waals surface area (Å²) >= 11 is 0. The quantitative estimate of drug-likeness (QED) is 0.0262. The van der Waals surface area contributed by atoms with Crippen molar-refractivity contribution < 1.29 is 63.6 Å². The molecule has 0 fully saturated rings. The van der Waals surface area contributed by atoms with Gasteiger partial charge in [0.05, 0.1) is 13.2 Å². The Morgan fingerprint density at radius 3 is 1.34 bits per heavy atom. The molecule has 0 saturated carbocycles. The maximum absolute atomic E-state index is 12.7. The maximum atomic E-state index is 12.7. The van der Waals surface area contributed by atoms with Crippen molar-refractivity contribution >= 4 is 23.8 Å². The molecule has 47 heavy (non-hydrogen) atoms. The molecular weight excluding hydrogens is 605 g/mol. The zero-order valence-corrected chi connectivity index (χ0v) is 32.8. The van der Waals surface area contributed by atoms with Crippen molar-refractivity contribution in [2.45, 2.75) is 206 Å². The molecule has 0 aliphatic heterocycles. The molecule has 0 spiro atoms. The fourth-order valence-corrected chi connectivity index (χ4v) is 5.53. The van der Waals surface area contributed by atoms with Crippen molar-refractivity contribution in [3.8, 4) is 0 Å². The van der Waals surface area contributed by atoms with E-state index < -0.39 is 29.8 Å². The van der Waals surface area contributed by atoms with E-state index in [4.69, 9.17) is 14.6 Å². The summed E-state index contributed by atoms with van der Waals surface area (Å²) in [5.41, 5.74) is 0. The van der Waals surface area contributed by atoms with E-state index in [0.29, 0.717) is 6.61 Å². The Kier molecular flexibility index (Phi) is 38.5. The van der Waals surface area contributed by atoms with E-state index >= 15 is 0 Å². The van der Waals surface area contributed by atoms with E-state index in [1.165, 1.54) is 116 Å². The summed E-state index contributed by atoms with van der Waals surface area (Å²) in [5, 5.41) is 21.1. The van der Waals surface area contributed by atoms with Crippen LogP contribution in [0, 0.1) is 0 Å². The zero-order chi connectivity index (χ0) is 33.9. The number of ether oxygens (including phenoxy) is 2. The summed E-state index contributed by atoms with van der Waals surface area (Å²) in [6, 6.07) is -1.08. The average Bonchev–Trinajstić information content (AvgIpc) is 3.03. The fourth-order valence-electron chi connectivity index (χ4n) is 5.53. The number of aliphatic imine (C=N–C) groups is 1. The largest absolute Gasteiger partial charge is 1.00 e. The molecule has 270 valence electrons. The fraction of sp³-hybridized carbons (Fsp3) is 0.895. The van der Waals surface area contributed by atoms with Gasteiger partial charge in [-0.25, -0.2) is 4.79 Å². The maximum Gasteiger partial charge on any atom is 1.00 e. The van der Waals surface area contributed by atoms with Crippen LogP contribution in [0.3, 0.4) is 0 Å². The van der Waals surface area contributed by atoms with Crippen LogP contribution < -0.4 is 34.7 Å². The van der Waals surface area contributed by atoms with E-state index in [2.05, 4.69) is 18.8 Å². The molecule has 0 aliphatic rings. The van der Waals surface area contributed by atoms with Gasteiger partial charge in [-0.05, 0) is 38.0 Å². The van der Waals surface area contributed by atoms with Crippen LogP contribution >= 0.6 is 0 Å². The molecule has 0 aromatic heterocycles. The number of rotatable bonds is 35. The molecule has 0 amide bonds. The smallest absolute Gasteiger partial charge is 0.862 e. The molecule has 1 N–H and O–H groups in total. The topological polar surface area (TPSA) is 125 Å². The van der Waals surface area contributed by atoms with Crippen LogP contribution in [0.5, 0.6) is 0 Å². The zero-order valence-electron chi connectivity index (χ0n) is 30.8.